The fourth-order valence-corrected chi connectivity index (χ4v) is 1.27. The Kier molecular flexibility index (Phi) is 4.17. The minimum atomic E-state index is -0.404. The molecule has 1 aromatic rings. The number of hydrogen-bond acceptors (Lipinski definition) is 4. The highest BCUT2D eigenvalue weighted by Gasteiger charge is 2.17. The smallest absolute Gasteiger partial charge is 0.342 e. The fourth-order valence-electron chi connectivity index (χ4n) is 1.27. The first-order chi connectivity index (χ1) is 7.60. The van der Waals surface area contributed by atoms with Gasteiger partial charge in [-0.25, -0.2) is 4.79 Å². The summed E-state index contributed by atoms with van der Waals surface area (Å²) in [5, 5.41) is 0. The first-order valence-corrected chi connectivity index (χ1v) is 5.23. The number of ether oxygens (including phenoxy) is 2. The van der Waals surface area contributed by atoms with E-state index in [0.29, 0.717) is 17.0 Å². The zero-order valence-electron chi connectivity index (χ0n) is 9.82. The van der Waals surface area contributed by atoms with Gasteiger partial charge in [0, 0.05) is 0 Å². The monoisotopic (exact) mass is 223 g/mol. The molecule has 1 atom stereocenters. The number of benzene rings is 1. The van der Waals surface area contributed by atoms with Gasteiger partial charge in [-0.1, -0.05) is 13.0 Å². The molecule has 4 nitrogen and oxygen atoms in total. The number of esters is 1. The van der Waals surface area contributed by atoms with E-state index in [-0.39, 0.29) is 6.10 Å². The third-order valence-electron chi connectivity index (χ3n) is 2.35. The first kappa shape index (κ1) is 12.4. The Bertz CT molecular complexity index is 377. The molecule has 0 spiro atoms. The van der Waals surface area contributed by atoms with Gasteiger partial charge >= 0.3 is 5.97 Å². The molecule has 4 heteroatoms. The molecule has 1 rings (SSSR count). The van der Waals surface area contributed by atoms with E-state index in [1.165, 1.54) is 7.11 Å². The Balaban J connectivity index is 2.95. The molecule has 0 heterocycles. The molecule has 0 aliphatic rings. The highest BCUT2D eigenvalue weighted by atomic mass is 16.5. The second kappa shape index (κ2) is 5.39. The number of carbonyl (C=O) groups excluding carboxylic acids is 1. The van der Waals surface area contributed by atoms with E-state index in [1.54, 1.807) is 18.2 Å². The van der Waals surface area contributed by atoms with Gasteiger partial charge in [0.1, 0.15) is 5.56 Å². The average Bonchev–Trinajstić information content (AvgIpc) is 2.28. The van der Waals surface area contributed by atoms with Crippen molar-refractivity contribution in [3.63, 3.8) is 0 Å². The summed E-state index contributed by atoms with van der Waals surface area (Å²) in [5.41, 5.74) is 6.50. The predicted molar refractivity (Wildman–Crippen MR) is 62.6 cm³/mol. The van der Waals surface area contributed by atoms with E-state index < -0.39 is 5.97 Å². The Morgan fingerprint density at radius 3 is 2.75 bits per heavy atom. The number of anilines is 1. The van der Waals surface area contributed by atoms with Gasteiger partial charge in [-0.2, -0.15) is 0 Å². The van der Waals surface area contributed by atoms with Crippen molar-refractivity contribution in [2.75, 3.05) is 12.8 Å². The molecule has 0 aliphatic carbocycles. The van der Waals surface area contributed by atoms with Crippen molar-refractivity contribution < 1.29 is 14.3 Å². The van der Waals surface area contributed by atoms with E-state index in [0.717, 1.165) is 6.42 Å². The molecular weight excluding hydrogens is 206 g/mol. The van der Waals surface area contributed by atoms with Gasteiger partial charge < -0.3 is 15.2 Å². The topological polar surface area (TPSA) is 61.5 Å². The van der Waals surface area contributed by atoms with Crippen LogP contribution < -0.4 is 10.5 Å². The summed E-state index contributed by atoms with van der Waals surface area (Å²) in [6.07, 6.45) is 0.662. The molecule has 0 saturated heterocycles. The van der Waals surface area contributed by atoms with Crippen LogP contribution in [0.25, 0.3) is 0 Å². The van der Waals surface area contributed by atoms with Gasteiger partial charge in [0.05, 0.1) is 18.9 Å². The minimum absolute atomic E-state index is 0.112. The average molecular weight is 223 g/mol. The van der Waals surface area contributed by atoms with Crippen LogP contribution >= 0.6 is 0 Å². The van der Waals surface area contributed by atoms with Crippen molar-refractivity contribution >= 4 is 11.7 Å². The molecule has 16 heavy (non-hydrogen) atoms. The molecule has 1 aromatic carbocycles. The summed E-state index contributed by atoms with van der Waals surface area (Å²) in [6, 6.07) is 5.02. The lowest BCUT2D eigenvalue weighted by Crippen LogP contribution is -2.15. The van der Waals surface area contributed by atoms with Crippen LogP contribution in [0.3, 0.4) is 0 Å². The predicted octanol–water partition coefficient (Wildman–Crippen LogP) is 2.23. The van der Waals surface area contributed by atoms with Crippen LogP contribution in [0.5, 0.6) is 5.75 Å². The van der Waals surface area contributed by atoms with Gasteiger partial charge in [-0.15, -0.1) is 0 Å². The van der Waals surface area contributed by atoms with Gasteiger partial charge in [-0.3, -0.25) is 0 Å². The quantitative estimate of drug-likeness (QED) is 0.628. The maximum Gasteiger partial charge on any atom is 0.342 e. The van der Waals surface area contributed by atoms with Crippen molar-refractivity contribution in [3.05, 3.63) is 23.8 Å². The van der Waals surface area contributed by atoms with Crippen LogP contribution in [0.1, 0.15) is 30.6 Å². The Morgan fingerprint density at radius 1 is 1.50 bits per heavy atom. The largest absolute Gasteiger partial charge is 0.494 e. The maximum absolute atomic E-state index is 11.8. The van der Waals surface area contributed by atoms with Crippen molar-refractivity contribution in [1.29, 1.82) is 0 Å². The van der Waals surface area contributed by atoms with Gasteiger partial charge in [0.25, 0.3) is 0 Å². The minimum Gasteiger partial charge on any atom is -0.494 e. The van der Waals surface area contributed by atoms with Crippen molar-refractivity contribution in [2.45, 2.75) is 26.4 Å². The third kappa shape index (κ3) is 2.66. The van der Waals surface area contributed by atoms with Gasteiger partial charge in [0.2, 0.25) is 0 Å². The number of rotatable bonds is 4. The second-order valence-electron chi connectivity index (χ2n) is 3.55. The molecule has 2 N–H and O–H groups in total. The first-order valence-electron chi connectivity index (χ1n) is 5.23. The lowest BCUT2D eigenvalue weighted by Gasteiger charge is -2.13. The summed E-state index contributed by atoms with van der Waals surface area (Å²) in [7, 11) is 1.48. The molecule has 0 radical (unpaired) electrons. The third-order valence-corrected chi connectivity index (χ3v) is 2.35. The van der Waals surface area contributed by atoms with E-state index in [4.69, 9.17) is 15.2 Å². The molecule has 1 unspecified atom stereocenters. The van der Waals surface area contributed by atoms with Crippen LogP contribution in [0, 0.1) is 0 Å². The summed E-state index contributed by atoms with van der Waals surface area (Å²) >= 11 is 0. The summed E-state index contributed by atoms with van der Waals surface area (Å²) in [4.78, 5) is 11.8. The number of para-hydroxylation sites is 1. The lowest BCUT2D eigenvalue weighted by molar-refractivity contribution is 0.0331. The normalized spacial score (nSPS) is 11.9. The fraction of sp³-hybridized carbons (Fsp3) is 0.417. The standard InChI is InChI=1S/C12H17NO3/c1-4-8(2)16-12(14)9-6-5-7-10(13)11(9)15-3/h5-8H,4,13H2,1-3H3. The van der Waals surface area contributed by atoms with E-state index in [1.807, 2.05) is 13.8 Å². The number of hydrogen-bond donors (Lipinski definition) is 1. The summed E-state index contributed by atoms with van der Waals surface area (Å²) < 4.78 is 10.3. The molecular formula is C12H17NO3. The molecule has 0 fully saturated rings. The van der Waals surface area contributed by atoms with Crippen LogP contribution in [0.2, 0.25) is 0 Å². The molecule has 0 bridgehead atoms. The lowest BCUT2D eigenvalue weighted by atomic mass is 10.1. The van der Waals surface area contributed by atoms with Crippen LogP contribution in [-0.4, -0.2) is 19.2 Å². The van der Waals surface area contributed by atoms with Crippen molar-refractivity contribution in [2.24, 2.45) is 0 Å². The SMILES string of the molecule is CCC(C)OC(=O)c1cccc(N)c1OC. The number of methoxy groups -OCH3 is 1. The zero-order chi connectivity index (χ0) is 12.1. The van der Waals surface area contributed by atoms with Crippen LogP contribution in [-0.2, 0) is 4.74 Å². The highest BCUT2D eigenvalue weighted by Crippen LogP contribution is 2.26. The molecule has 0 aromatic heterocycles. The maximum atomic E-state index is 11.8. The molecule has 0 amide bonds. The second-order valence-corrected chi connectivity index (χ2v) is 3.55. The number of nitrogen functional groups attached to an aromatic ring is 1. The Morgan fingerprint density at radius 2 is 2.19 bits per heavy atom. The van der Waals surface area contributed by atoms with Crippen LogP contribution in [0.15, 0.2) is 18.2 Å². The Hall–Kier alpha value is -1.71. The van der Waals surface area contributed by atoms with Gasteiger partial charge in [-0.05, 0) is 25.5 Å². The molecule has 0 aliphatic heterocycles. The summed E-state index contributed by atoms with van der Waals surface area (Å²) in [6.45, 7) is 3.80. The number of carbonyl (C=O) groups is 1. The van der Waals surface area contributed by atoms with Crippen molar-refractivity contribution in [1.82, 2.24) is 0 Å². The van der Waals surface area contributed by atoms with E-state index in [9.17, 15) is 4.79 Å². The Labute approximate surface area is 95.3 Å². The van der Waals surface area contributed by atoms with E-state index >= 15 is 0 Å². The molecule has 0 saturated carbocycles. The number of nitrogens with two attached hydrogens (primary N) is 1. The zero-order valence-corrected chi connectivity index (χ0v) is 9.82. The van der Waals surface area contributed by atoms with Crippen LogP contribution in [0.4, 0.5) is 5.69 Å². The summed E-state index contributed by atoms with van der Waals surface area (Å²) in [5.74, 6) is -0.0331. The van der Waals surface area contributed by atoms with E-state index in [2.05, 4.69) is 0 Å². The highest BCUT2D eigenvalue weighted by molar-refractivity contribution is 5.94. The van der Waals surface area contributed by atoms with Gasteiger partial charge in [0.15, 0.2) is 5.75 Å². The van der Waals surface area contributed by atoms with Crippen molar-refractivity contribution in [3.8, 4) is 5.75 Å². The molecule has 88 valence electrons.